The third-order valence-corrected chi connectivity index (χ3v) is 1.56. The Morgan fingerprint density at radius 1 is 1.23 bits per heavy atom. The quantitative estimate of drug-likeness (QED) is 0.486. The van der Waals surface area contributed by atoms with Gasteiger partial charge in [0.15, 0.2) is 0 Å². The van der Waals surface area contributed by atoms with Crippen LogP contribution >= 0.6 is 0 Å². The molecule has 0 atom stereocenters. The minimum Gasteiger partial charge on any atom is -0.481 e. The lowest BCUT2D eigenvalue weighted by Gasteiger charge is -2.01. The number of carboxylic acid groups (broad SMARTS) is 1. The van der Waals surface area contributed by atoms with Gasteiger partial charge in [0, 0.05) is 6.42 Å². The maximum atomic E-state index is 10.9. The fourth-order valence-corrected chi connectivity index (χ4v) is 0.844. The minimum absolute atomic E-state index is 0.0136. The highest BCUT2D eigenvalue weighted by atomic mass is 16.5. The average molecular weight is 188 g/mol. The van der Waals surface area contributed by atoms with Crippen molar-refractivity contribution in [2.75, 3.05) is 6.61 Å². The summed E-state index contributed by atoms with van der Waals surface area (Å²) in [5.74, 6) is -1.24. The summed E-state index contributed by atoms with van der Waals surface area (Å²) in [7, 11) is 0. The van der Waals surface area contributed by atoms with E-state index in [4.69, 9.17) is 5.11 Å². The van der Waals surface area contributed by atoms with E-state index in [9.17, 15) is 9.59 Å². The summed E-state index contributed by atoms with van der Waals surface area (Å²) in [5.41, 5.74) is 0. The largest absolute Gasteiger partial charge is 0.481 e. The van der Waals surface area contributed by atoms with Gasteiger partial charge >= 0.3 is 11.9 Å². The summed E-state index contributed by atoms with van der Waals surface area (Å²) in [5, 5.41) is 8.25. The molecule has 0 rings (SSSR count). The lowest BCUT2D eigenvalue weighted by Crippen LogP contribution is -2.08. The van der Waals surface area contributed by atoms with Gasteiger partial charge in [-0.3, -0.25) is 9.59 Å². The van der Waals surface area contributed by atoms with Crippen LogP contribution in [0.3, 0.4) is 0 Å². The lowest BCUT2D eigenvalue weighted by molar-refractivity contribution is -0.146. The molecule has 0 saturated carbocycles. The molecular weight excluding hydrogens is 172 g/mol. The van der Waals surface area contributed by atoms with Crippen LogP contribution in [0.1, 0.15) is 39.0 Å². The molecule has 0 aliphatic carbocycles. The van der Waals surface area contributed by atoms with Crippen LogP contribution in [0.15, 0.2) is 0 Å². The first-order valence-corrected chi connectivity index (χ1v) is 4.54. The van der Waals surface area contributed by atoms with Crippen molar-refractivity contribution in [3.8, 4) is 0 Å². The van der Waals surface area contributed by atoms with Gasteiger partial charge in [-0.1, -0.05) is 19.8 Å². The molecule has 1 N–H and O–H groups in total. The van der Waals surface area contributed by atoms with Crippen LogP contribution in [0.5, 0.6) is 0 Å². The number of aliphatic carboxylic acids is 1. The molecule has 0 spiro atoms. The molecule has 0 unspecified atom stereocenters. The predicted molar refractivity (Wildman–Crippen MR) is 47.4 cm³/mol. The molecule has 0 radical (unpaired) electrons. The zero-order chi connectivity index (χ0) is 10.1. The number of carbonyl (C=O) groups is 2. The van der Waals surface area contributed by atoms with Crippen molar-refractivity contribution >= 4 is 11.9 Å². The van der Waals surface area contributed by atoms with Gasteiger partial charge in [-0.15, -0.1) is 0 Å². The Bertz CT molecular complexity index is 165. The van der Waals surface area contributed by atoms with Crippen LogP contribution in [-0.4, -0.2) is 23.7 Å². The van der Waals surface area contributed by atoms with E-state index in [0.29, 0.717) is 6.42 Å². The number of hydrogen-bond acceptors (Lipinski definition) is 3. The molecule has 4 nitrogen and oxygen atoms in total. The first-order valence-electron chi connectivity index (χ1n) is 4.54. The molecule has 0 aromatic rings. The molecule has 4 heteroatoms. The normalized spacial score (nSPS) is 9.62. The molecule has 76 valence electrons. The van der Waals surface area contributed by atoms with E-state index < -0.39 is 5.97 Å². The van der Waals surface area contributed by atoms with Crippen LogP contribution in [-0.2, 0) is 14.3 Å². The highest BCUT2D eigenvalue weighted by Gasteiger charge is 2.03. The predicted octanol–water partition coefficient (Wildman–Crippen LogP) is 1.58. The molecule has 0 aromatic carbocycles. The number of unbranched alkanes of at least 4 members (excludes halogenated alkanes) is 2. The fraction of sp³-hybridized carbons (Fsp3) is 0.778. The average Bonchev–Trinajstić information content (AvgIpc) is 2.04. The monoisotopic (exact) mass is 188 g/mol. The van der Waals surface area contributed by atoms with Gasteiger partial charge in [-0.2, -0.15) is 0 Å². The van der Waals surface area contributed by atoms with Gasteiger partial charge in [0.05, 0.1) is 6.42 Å². The SMILES string of the molecule is CCCCCC(=O)OCCC(=O)O. The van der Waals surface area contributed by atoms with E-state index >= 15 is 0 Å². The van der Waals surface area contributed by atoms with Crippen LogP contribution in [0.25, 0.3) is 0 Å². The van der Waals surface area contributed by atoms with Crippen molar-refractivity contribution in [2.45, 2.75) is 39.0 Å². The van der Waals surface area contributed by atoms with Crippen molar-refractivity contribution < 1.29 is 19.4 Å². The van der Waals surface area contributed by atoms with Gasteiger partial charge in [0.25, 0.3) is 0 Å². The summed E-state index contributed by atoms with van der Waals surface area (Å²) in [6.45, 7) is 2.04. The molecule has 0 fully saturated rings. The summed E-state index contributed by atoms with van der Waals surface area (Å²) in [4.78, 5) is 20.9. The Morgan fingerprint density at radius 2 is 1.92 bits per heavy atom. The summed E-state index contributed by atoms with van der Waals surface area (Å²) < 4.78 is 4.68. The molecule has 0 amide bonds. The van der Waals surface area contributed by atoms with Crippen molar-refractivity contribution in [3.63, 3.8) is 0 Å². The molecule has 0 aromatic heterocycles. The zero-order valence-electron chi connectivity index (χ0n) is 7.91. The molecule has 0 heterocycles. The molecule has 0 aliphatic heterocycles. The second kappa shape index (κ2) is 7.58. The van der Waals surface area contributed by atoms with Crippen molar-refractivity contribution in [1.82, 2.24) is 0 Å². The van der Waals surface area contributed by atoms with E-state index in [0.717, 1.165) is 19.3 Å². The highest BCUT2D eigenvalue weighted by molar-refractivity contribution is 5.70. The lowest BCUT2D eigenvalue weighted by atomic mass is 10.2. The standard InChI is InChI=1S/C9H16O4/c1-2-3-4-5-9(12)13-7-6-8(10)11/h2-7H2,1H3,(H,10,11). The third kappa shape index (κ3) is 8.85. The van der Waals surface area contributed by atoms with E-state index in [2.05, 4.69) is 11.7 Å². The topological polar surface area (TPSA) is 63.6 Å². The molecule has 0 bridgehead atoms. The maximum absolute atomic E-state index is 10.9. The number of ether oxygens (including phenoxy) is 1. The Balaban J connectivity index is 3.25. The maximum Gasteiger partial charge on any atom is 0.306 e. The second-order valence-corrected chi connectivity index (χ2v) is 2.82. The van der Waals surface area contributed by atoms with Gasteiger partial charge < -0.3 is 9.84 Å². The van der Waals surface area contributed by atoms with E-state index in [-0.39, 0.29) is 19.0 Å². The van der Waals surface area contributed by atoms with E-state index in [1.165, 1.54) is 0 Å². The molecule has 13 heavy (non-hydrogen) atoms. The molecule has 0 saturated heterocycles. The fourth-order valence-electron chi connectivity index (χ4n) is 0.844. The van der Waals surface area contributed by atoms with Crippen LogP contribution < -0.4 is 0 Å². The number of carbonyl (C=O) groups excluding carboxylic acids is 1. The smallest absolute Gasteiger partial charge is 0.306 e. The summed E-state index contributed by atoms with van der Waals surface area (Å²) >= 11 is 0. The van der Waals surface area contributed by atoms with Crippen LogP contribution in [0.4, 0.5) is 0 Å². The molecular formula is C9H16O4. The minimum atomic E-state index is -0.943. The summed E-state index contributed by atoms with van der Waals surface area (Å²) in [6.07, 6.45) is 3.17. The summed E-state index contributed by atoms with van der Waals surface area (Å²) in [6, 6.07) is 0. The molecule has 0 aliphatic rings. The number of rotatable bonds is 7. The third-order valence-electron chi connectivity index (χ3n) is 1.56. The Kier molecular flexibility index (Phi) is 6.96. The van der Waals surface area contributed by atoms with Gasteiger partial charge in [0.1, 0.15) is 6.61 Å². The first-order chi connectivity index (χ1) is 6.16. The highest BCUT2D eigenvalue weighted by Crippen LogP contribution is 2.00. The van der Waals surface area contributed by atoms with Gasteiger partial charge in [-0.05, 0) is 6.42 Å². The second-order valence-electron chi connectivity index (χ2n) is 2.82. The van der Waals surface area contributed by atoms with Gasteiger partial charge in [-0.25, -0.2) is 0 Å². The zero-order valence-corrected chi connectivity index (χ0v) is 7.91. The van der Waals surface area contributed by atoms with Crippen molar-refractivity contribution in [2.24, 2.45) is 0 Å². The van der Waals surface area contributed by atoms with Crippen molar-refractivity contribution in [3.05, 3.63) is 0 Å². The number of carboxylic acids is 1. The number of hydrogen-bond donors (Lipinski definition) is 1. The van der Waals surface area contributed by atoms with E-state index in [1.54, 1.807) is 0 Å². The van der Waals surface area contributed by atoms with Gasteiger partial charge in [0.2, 0.25) is 0 Å². The van der Waals surface area contributed by atoms with Crippen molar-refractivity contribution in [1.29, 1.82) is 0 Å². The Labute approximate surface area is 77.9 Å². The first kappa shape index (κ1) is 11.9. The van der Waals surface area contributed by atoms with Crippen LogP contribution in [0.2, 0.25) is 0 Å². The Morgan fingerprint density at radius 3 is 2.46 bits per heavy atom. The number of esters is 1. The van der Waals surface area contributed by atoms with Crippen LogP contribution in [0, 0.1) is 0 Å². The Hall–Kier alpha value is -1.06. The van der Waals surface area contributed by atoms with E-state index in [1.807, 2.05) is 0 Å².